The minimum absolute atomic E-state index is 0.0676. The second kappa shape index (κ2) is 5.71. The maximum Gasteiger partial charge on any atom is 0.0695 e. The Morgan fingerprint density at radius 1 is 1.12 bits per heavy atom. The summed E-state index contributed by atoms with van der Waals surface area (Å²) in [4.78, 5) is 2.60. The number of hydrogen-bond acceptors (Lipinski definition) is 2. The molecule has 2 rings (SSSR count). The molecule has 0 aromatic rings. The van der Waals surface area contributed by atoms with Crippen molar-refractivity contribution in [2.45, 2.75) is 77.4 Å². The minimum atomic E-state index is -0.0676. The van der Waals surface area contributed by atoms with Crippen LogP contribution in [0.4, 0.5) is 0 Å². The molecule has 2 aliphatic rings. The molecule has 1 saturated carbocycles. The van der Waals surface area contributed by atoms with Gasteiger partial charge in [0.05, 0.1) is 6.10 Å². The van der Waals surface area contributed by atoms with Gasteiger partial charge in [0.2, 0.25) is 0 Å². The maximum absolute atomic E-state index is 10.3. The number of rotatable bonds is 3. The zero-order chi connectivity index (χ0) is 12.3. The van der Waals surface area contributed by atoms with Crippen molar-refractivity contribution in [1.82, 2.24) is 4.90 Å². The van der Waals surface area contributed by atoms with Crippen molar-refractivity contribution in [3.05, 3.63) is 0 Å². The van der Waals surface area contributed by atoms with E-state index < -0.39 is 0 Å². The van der Waals surface area contributed by atoms with Gasteiger partial charge in [0.15, 0.2) is 0 Å². The van der Waals surface area contributed by atoms with E-state index in [-0.39, 0.29) is 6.10 Å². The van der Waals surface area contributed by atoms with E-state index in [2.05, 4.69) is 18.7 Å². The third-order valence-corrected chi connectivity index (χ3v) is 5.38. The van der Waals surface area contributed by atoms with Gasteiger partial charge in [-0.3, -0.25) is 4.90 Å². The first-order chi connectivity index (χ1) is 8.21. The summed E-state index contributed by atoms with van der Waals surface area (Å²) in [6.07, 6.45) is 9.93. The Kier molecular flexibility index (Phi) is 4.48. The van der Waals surface area contributed by atoms with Gasteiger partial charge in [-0.25, -0.2) is 0 Å². The fourth-order valence-corrected chi connectivity index (χ4v) is 3.77. The van der Waals surface area contributed by atoms with Crippen molar-refractivity contribution in [1.29, 1.82) is 0 Å². The van der Waals surface area contributed by atoms with Gasteiger partial charge in [-0.2, -0.15) is 0 Å². The van der Waals surface area contributed by atoms with Crippen LogP contribution in [0.3, 0.4) is 0 Å². The van der Waals surface area contributed by atoms with Crippen LogP contribution in [0.1, 0.15) is 65.2 Å². The Morgan fingerprint density at radius 2 is 1.82 bits per heavy atom. The number of aliphatic hydroxyl groups is 1. The predicted molar refractivity (Wildman–Crippen MR) is 72.1 cm³/mol. The molecule has 17 heavy (non-hydrogen) atoms. The highest BCUT2D eigenvalue weighted by Crippen LogP contribution is 2.39. The number of likely N-dealkylation sites (tertiary alicyclic amines) is 1. The summed E-state index contributed by atoms with van der Waals surface area (Å²) in [5.41, 5.74) is 0.548. The standard InChI is InChI=1S/C15H29NO/c1-3-15(4-2)10-11-16(12-15)13-8-6-5-7-9-14(13)17/h13-14,17H,3-12H2,1-2H3. The molecule has 2 fully saturated rings. The van der Waals surface area contributed by atoms with E-state index in [1.165, 1.54) is 58.0 Å². The van der Waals surface area contributed by atoms with Crippen LogP contribution in [0.25, 0.3) is 0 Å². The topological polar surface area (TPSA) is 23.5 Å². The van der Waals surface area contributed by atoms with Crippen molar-refractivity contribution in [3.8, 4) is 0 Å². The van der Waals surface area contributed by atoms with Crippen molar-refractivity contribution in [3.63, 3.8) is 0 Å². The first kappa shape index (κ1) is 13.4. The Balaban J connectivity index is 1.98. The van der Waals surface area contributed by atoms with Crippen LogP contribution < -0.4 is 0 Å². The van der Waals surface area contributed by atoms with Gasteiger partial charge in [-0.05, 0) is 44.1 Å². The molecule has 1 N–H and O–H groups in total. The Hall–Kier alpha value is -0.0800. The fraction of sp³-hybridized carbons (Fsp3) is 1.00. The normalized spacial score (nSPS) is 34.8. The largest absolute Gasteiger partial charge is 0.391 e. The Labute approximate surface area is 106 Å². The molecule has 100 valence electrons. The molecule has 0 aromatic carbocycles. The molecule has 0 amide bonds. The monoisotopic (exact) mass is 239 g/mol. The van der Waals surface area contributed by atoms with E-state index in [0.717, 1.165) is 6.42 Å². The molecule has 1 heterocycles. The highest BCUT2D eigenvalue weighted by Gasteiger charge is 2.39. The second-order valence-corrected chi connectivity index (χ2v) is 6.20. The zero-order valence-electron chi connectivity index (χ0n) is 11.6. The van der Waals surface area contributed by atoms with E-state index in [9.17, 15) is 5.11 Å². The molecule has 1 aliphatic heterocycles. The first-order valence-electron chi connectivity index (χ1n) is 7.63. The predicted octanol–water partition coefficient (Wildman–Crippen LogP) is 3.19. The average Bonchev–Trinajstić information content (AvgIpc) is 2.67. The average molecular weight is 239 g/mol. The summed E-state index contributed by atoms with van der Waals surface area (Å²) < 4.78 is 0. The first-order valence-corrected chi connectivity index (χ1v) is 7.63. The van der Waals surface area contributed by atoms with Crippen LogP contribution in [0.2, 0.25) is 0 Å². The van der Waals surface area contributed by atoms with Crippen molar-refractivity contribution in [2.75, 3.05) is 13.1 Å². The second-order valence-electron chi connectivity index (χ2n) is 6.20. The van der Waals surface area contributed by atoms with E-state index in [4.69, 9.17) is 0 Å². The van der Waals surface area contributed by atoms with E-state index >= 15 is 0 Å². The Morgan fingerprint density at radius 3 is 2.47 bits per heavy atom. The maximum atomic E-state index is 10.3. The number of aliphatic hydroxyl groups excluding tert-OH is 1. The molecular weight excluding hydrogens is 210 g/mol. The molecule has 1 saturated heterocycles. The van der Waals surface area contributed by atoms with E-state index in [1.54, 1.807) is 0 Å². The van der Waals surface area contributed by atoms with Crippen LogP contribution in [-0.4, -0.2) is 35.2 Å². The van der Waals surface area contributed by atoms with Crippen LogP contribution in [-0.2, 0) is 0 Å². The quantitative estimate of drug-likeness (QED) is 0.765. The highest BCUT2D eigenvalue weighted by molar-refractivity contribution is 4.93. The van der Waals surface area contributed by atoms with E-state index in [1.807, 2.05) is 0 Å². The van der Waals surface area contributed by atoms with Gasteiger partial charge in [0.25, 0.3) is 0 Å². The molecule has 1 aliphatic carbocycles. The van der Waals surface area contributed by atoms with Gasteiger partial charge in [0, 0.05) is 12.6 Å². The summed E-state index contributed by atoms with van der Waals surface area (Å²) in [7, 11) is 0. The summed E-state index contributed by atoms with van der Waals surface area (Å²) in [5, 5.41) is 10.3. The summed E-state index contributed by atoms with van der Waals surface area (Å²) in [5.74, 6) is 0. The molecule has 2 unspecified atom stereocenters. The highest BCUT2D eigenvalue weighted by atomic mass is 16.3. The molecule has 2 atom stereocenters. The molecule has 0 bridgehead atoms. The minimum Gasteiger partial charge on any atom is -0.391 e. The third kappa shape index (κ3) is 2.85. The third-order valence-electron chi connectivity index (χ3n) is 5.38. The number of hydrogen-bond donors (Lipinski definition) is 1. The van der Waals surface area contributed by atoms with Crippen molar-refractivity contribution in [2.24, 2.45) is 5.41 Å². The molecule has 0 aromatic heterocycles. The summed E-state index contributed by atoms with van der Waals surface area (Å²) >= 11 is 0. The SMILES string of the molecule is CCC1(CC)CCN(C2CCCCCC2O)C1. The van der Waals surface area contributed by atoms with Crippen molar-refractivity contribution < 1.29 is 5.11 Å². The molecule has 0 spiro atoms. The molecular formula is C15H29NO. The molecule has 2 nitrogen and oxygen atoms in total. The van der Waals surface area contributed by atoms with Crippen LogP contribution >= 0.6 is 0 Å². The summed E-state index contributed by atoms with van der Waals surface area (Å²) in [6, 6.07) is 0.456. The lowest BCUT2D eigenvalue weighted by Gasteiger charge is -2.33. The van der Waals surface area contributed by atoms with Gasteiger partial charge in [0.1, 0.15) is 0 Å². The van der Waals surface area contributed by atoms with Crippen molar-refractivity contribution >= 4 is 0 Å². The van der Waals surface area contributed by atoms with Crippen LogP contribution in [0, 0.1) is 5.41 Å². The van der Waals surface area contributed by atoms with Crippen LogP contribution in [0.5, 0.6) is 0 Å². The fourth-order valence-electron chi connectivity index (χ4n) is 3.77. The van der Waals surface area contributed by atoms with Gasteiger partial charge in [-0.15, -0.1) is 0 Å². The lowest BCUT2D eigenvalue weighted by Crippen LogP contribution is -2.42. The molecule has 0 radical (unpaired) electrons. The van der Waals surface area contributed by atoms with Gasteiger partial charge >= 0.3 is 0 Å². The zero-order valence-corrected chi connectivity index (χ0v) is 11.6. The number of nitrogens with zero attached hydrogens (tertiary/aromatic N) is 1. The summed E-state index contributed by atoms with van der Waals surface area (Å²) in [6.45, 7) is 7.10. The van der Waals surface area contributed by atoms with Gasteiger partial charge in [-0.1, -0.05) is 33.1 Å². The molecule has 2 heteroatoms. The van der Waals surface area contributed by atoms with E-state index in [0.29, 0.717) is 11.5 Å². The smallest absolute Gasteiger partial charge is 0.0695 e. The lowest BCUT2D eigenvalue weighted by molar-refractivity contribution is 0.0495. The van der Waals surface area contributed by atoms with Crippen LogP contribution in [0.15, 0.2) is 0 Å². The van der Waals surface area contributed by atoms with Gasteiger partial charge < -0.3 is 5.11 Å². The Bertz CT molecular complexity index is 237. The lowest BCUT2D eigenvalue weighted by atomic mass is 9.82.